The SMILES string of the molecule is O=c1[nH]cnc2ncncc12.c1cncnc1. The van der Waals surface area contributed by atoms with Crippen molar-refractivity contribution >= 4 is 11.0 Å². The molecule has 3 aromatic heterocycles. The topological polar surface area (TPSA) is 97.3 Å². The zero-order valence-corrected chi connectivity index (χ0v) is 8.69. The van der Waals surface area contributed by atoms with Crippen LogP contribution in [0.3, 0.4) is 0 Å². The fourth-order valence-corrected chi connectivity index (χ4v) is 1.07. The lowest BCUT2D eigenvalue weighted by molar-refractivity contribution is 1.11. The summed E-state index contributed by atoms with van der Waals surface area (Å²) >= 11 is 0. The van der Waals surface area contributed by atoms with Crippen molar-refractivity contribution in [2.24, 2.45) is 0 Å². The molecular formula is C10H8N6O. The van der Waals surface area contributed by atoms with E-state index in [4.69, 9.17) is 0 Å². The molecule has 0 fully saturated rings. The largest absolute Gasteiger partial charge is 0.312 e. The Labute approximate surface area is 95.7 Å². The van der Waals surface area contributed by atoms with Crippen LogP contribution in [0, 0.1) is 0 Å². The molecule has 0 radical (unpaired) electrons. The van der Waals surface area contributed by atoms with Crippen LogP contribution < -0.4 is 5.56 Å². The third kappa shape index (κ3) is 2.88. The van der Waals surface area contributed by atoms with E-state index in [-0.39, 0.29) is 5.56 Å². The molecule has 0 aliphatic carbocycles. The molecule has 3 rings (SSSR count). The van der Waals surface area contributed by atoms with E-state index in [1.54, 1.807) is 18.5 Å². The van der Waals surface area contributed by atoms with E-state index in [1.165, 1.54) is 25.2 Å². The molecule has 0 saturated heterocycles. The van der Waals surface area contributed by atoms with Gasteiger partial charge in [0.05, 0.1) is 6.33 Å². The summed E-state index contributed by atoms with van der Waals surface area (Å²) in [6.07, 6.45) is 8.99. The maximum atomic E-state index is 11.0. The molecule has 0 amide bonds. The minimum Gasteiger partial charge on any atom is -0.312 e. The number of rotatable bonds is 0. The number of H-pyrrole nitrogens is 1. The number of nitrogens with one attached hydrogen (secondary N) is 1. The Kier molecular flexibility index (Phi) is 3.43. The highest BCUT2D eigenvalue weighted by molar-refractivity contribution is 5.70. The minimum absolute atomic E-state index is 0.212. The number of aromatic amines is 1. The summed E-state index contributed by atoms with van der Waals surface area (Å²) < 4.78 is 0. The van der Waals surface area contributed by atoms with Crippen LogP contribution in [-0.4, -0.2) is 29.9 Å². The van der Waals surface area contributed by atoms with Crippen LogP contribution in [0.25, 0.3) is 11.0 Å². The molecule has 7 heteroatoms. The maximum Gasteiger partial charge on any atom is 0.261 e. The Balaban J connectivity index is 0.000000153. The summed E-state index contributed by atoms with van der Waals surface area (Å²) in [7, 11) is 0. The Morgan fingerprint density at radius 3 is 2.41 bits per heavy atom. The molecule has 0 aliphatic heterocycles. The summed E-state index contributed by atoms with van der Waals surface area (Å²) in [6, 6.07) is 1.78. The van der Waals surface area contributed by atoms with Crippen molar-refractivity contribution in [3.8, 4) is 0 Å². The molecule has 0 spiro atoms. The van der Waals surface area contributed by atoms with Crippen LogP contribution in [0.15, 0.2) is 48.4 Å². The fourth-order valence-electron chi connectivity index (χ4n) is 1.07. The van der Waals surface area contributed by atoms with Gasteiger partial charge >= 0.3 is 0 Å². The smallest absolute Gasteiger partial charge is 0.261 e. The first-order valence-electron chi connectivity index (χ1n) is 4.71. The van der Waals surface area contributed by atoms with E-state index < -0.39 is 0 Å². The van der Waals surface area contributed by atoms with E-state index in [0.717, 1.165) is 0 Å². The van der Waals surface area contributed by atoms with E-state index >= 15 is 0 Å². The molecule has 3 aromatic rings. The Bertz CT molecular complexity index is 607. The quantitative estimate of drug-likeness (QED) is 0.589. The van der Waals surface area contributed by atoms with Gasteiger partial charge in [0.15, 0.2) is 5.65 Å². The van der Waals surface area contributed by atoms with Crippen LogP contribution in [0.2, 0.25) is 0 Å². The number of hydrogen-bond donors (Lipinski definition) is 1. The predicted molar refractivity (Wildman–Crippen MR) is 60.0 cm³/mol. The third-order valence-electron chi connectivity index (χ3n) is 1.80. The molecule has 84 valence electrons. The minimum atomic E-state index is -0.212. The molecule has 1 N–H and O–H groups in total. The van der Waals surface area contributed by atoms with Gasteiger partial charge in [-0.1, -0.05) is 0 Å². The molecule has 7 nitrogen and oxygen atoms in total. The Morgan fingerprint density at radius 1 is 1.00 bits per heavy atom. The second kappa shape index (κ2) is 5.40. The highest BCUT2D eigenvalue weighted by Gasteiger charge is 1.96. The van der Waals surface area contributed by atoms with Gasteiger partial charge < -0.3 is 4.98 Å². The Hall–Kier alpha value is -2.70. The van der Waals surface area contributed by atoms with E-state index in [2.05, 4.69) is 29.9 Å². The molecular weight excluding hydrogens is 220 g/mol. The molecule has 0 atom stereocenters. The highest BCUT2D eigenvalue weighted by atomic mass is 16.1. The summed E-state index contributed by atoms with van der Waals surface area (Å²) in [6.45, 7) is 0. The fraction of sp³-hybridized carbons (Fsp3) is 0. The van der Waals surface area contributed by atoms with Crippen molar-refractivity contribution < 1.29 is 0 Å². The number of aromatic nitrogens is 6. The number of hydrogen-bond acceptors (Lipinski definition) is 6. The van der Waals surface area contributed by atoms with Crippen molar-refractivity contribution in [3.05, 3.63) is 54.0 Å². The lowest BCUT2D eigenvalue weighted by Crippen LogP contribution is -2.07. The summed E-state index contributed by atoms with van der Waals surface area (Å²) in [4.78, 5) is 32.1. The normalized spacial score (nSPS) is 9.41. The molecule has 3 heterocycles. The van der Waals surface area contributed by atoms with Gasteiger partial charge in [-0.05, 0) is 6.07 Å². The predicted octanol–water partition coefficient (Wildman–Crippen LogP) is 0.190. The summed E-state index contributed by atoms with van der Waals surface area (Å²) in [5, 5.41) is 0.412. The van der Waals surface area contributed by atoms with Gasteiger partial charge in [0, 0.05) is 18.6 Å². The van der Waals surface area contributed by atoms with Crippen molar-refractivity contribution in [2.75, 3.05) is 0 Å². The van der Waals surface area contributed by atoms with Crippen molar-refractivity contribution in [2.45, 2.75) is 0 Å². The van der Waals surface area contributed by atoms with Crippen LogP contribution >= 0.6 is 0 Å². The van der Waals surface area contributed by atoms with Gasteiger partial charge in [-0.2, -0.15) is 0 Å². The van der Waals surface area contributed by atoms with Gasteiger partial charge in [0.2, 0.25) is 0 Å². The van der Waals surface area contributed by atoms with Crippen molar-refractivity contribution in [3.63, 3.8) is 0 Å². The van der Waals surface area contributed by atoms with Crippen molar-refractivity contribution in [1.29, 1.82) is 0 Å². The standard InChI is InChI=1S/C6H4N4O.C4H4N2/c11-6-4-1-7-2-8-5(4)9-3-10-6;1-2-5-4-6-3-1/h1-3H,(H,7,8,9,10,11);1-4H. The molecule has 0 aromatic carbocycles. The first-order chi connectivity index (χ1) is 8.38. The second-order valence-corrected chi connectivity index (χ2v) is 2.90. The highest BCUT2D eigenvalue weighted by Crippen LogP contribution is 1.95. The maximum absolute atomic E-state index is 11.0. The first kappa shape index (κ1) is 10.8. The third-order valence-corrected chi connectivity index (χ3v) is 1.80. The Morgan fingerprint density at radius 2 is 1.82 bits per heavy atom. The molecule has 0 aliphatic rings. The average Bonchev–Trinajstić information content (AvgIpc) is 2.42. The van der Waals surface area contributed by atoms with Crippen LogP contribution in [-0.2, 0) is 0 Å². The lowest BCUT2D eigenvalue weighted by atomic mass is 10.4. The van der Waals surface area contributed by atoms with E-state index in [9.17, 15) is 4.79 Å². The van der Waals surface area contributed by atoms with Crippen LogP contribution in [0.4, 0.5) is 0 Å². The van der Waals surface area contributed by atoms with E-state index in [0.29, 0.717) is 11.0 Å². The second-order valence-electron chi connectivity index (χ2n) is 2.90. The zero-order chi connectivity index (χ0) is 11.9. The zero-order valence-electron chi connectivity index (χ0n) is 8.69. The van der Waals surface area contributed by atoms with Crippen molar-refractivity contribution in [1.82, 2.24) is 29.9 Å². The van der Waals surface area contributed by atoms with Gasteiger partial charge in [0.1, 0.15) is 18.0 Å². The summed E-state index contributed by atoms with van der Waals surface area (Å²) in [5.41, 5.74) is 0.208. The van der Waals surface area contributed by atoms with E-state index in [1.807, 2.05) is 0 Å². The summed E-state index contributed by atoms with van der Waals surface area (Å²) in [5.74, 6) is 0. The van der Waals surface area contributed by atoms with Gasteiger partial charge in [-0.15, -0.1) is 0 Å². The van der Waals surface area contributed by atoms with Gasteiger partial charge in [-0.3, -0.25) is 4.79 Å². The molecule has 0 saturated carbocycles. The van der Waals surface area contributed by atoms with Gasteiger partial charge in [-0.25, -0.2) is 24.9 Å². The number of nitrogens with zero attached hydrogens (tertiary/aromatic N) is 5. The first-order valence-corrected chi connectivity index (χ1v) is 4.71. The monoisotopic (exact) mass is 228 g/mol. The lowest BCUT2D eigenvalue weighted by Gasteiger charge is -1.89. The van der Waals surface area contributed by atoms with Crippen LogP contribution in [0.1, 0.15) is 0 Å². The molecule has 0 unspecified atom stereocenters. The number of fused-ring (bicyclic) bond motifs is 1. The molecule has 0 bridgehead atoms. The van der Waals surface area contributed by atoms with Crippen LogP contribution in [0.5, 0.6) is 0 Å². The van der Waals surface area contributed by atoms with Gasteiger partial charge in [0.25, 0.3) is 5.56 Å². The average molecular weight is 228 g/mol. The molecule has 17 heavy (non-hydrogen) atoms.